The predicted molar refractivity (Wildman–Crippen MR) is 139 cm³/mol. The van der Waals surface area contributed by atoms with Gasteiger partial charge in [-0.05, 0) is 75.1 Å². The van der Waals surface area contributed by atoms with Gasteiger partial charge in [0.1, 0.15) is 17.2 Å². The molecule has 6 nitrogen and oxygen atoms in total. The monoisotopic (exact) mass is 494 g/mol. The lowest BCUT2D eigenvalue weighted by molar-refractivity contribution is -0.143. The zero-order chi connectivity index (χ0) is 25.7. The molecule has 36 heavy (non-hydrogen) atoms. The molecule has 192 valence electrons. The second-order valence-corrected chi connectivity index (χ2v) is 9.61. The van der Waals surface area contributed by atoms with Gasteiger partial charge in [0.05, 0.1) is 19.1 Å². The fourth-order valence-corrected chi connectivity index (χ4v) is 5.08. The van der Waals surface area contributed by atoms with Gasteiger partial charge < -0.3 is 19.4 Å². The molecule has 3 aromatic rings. The lowest BCUT2D eigenvalue weighted by Crippen LogP contribution is -2.29. The molecule has 0 spiro atoms. The Bertz CT molecular complexity index is 1200. The van der Waals surface area contributed by atoms with Crippen molar-refractivity contribution in [2.24, 2.45) is 5.92 Å². The number of nitrogens with zero attached hydrogens (tertiary/aromatic N) is 1. The van der Waals surface area contributed by atoms with Crippen LogP contribution >= 0.6 is 0 Å². The smallest absolute Gasteiger partial charge is 0.307 e. The Morgan fingerprint density at radius 2 is 1.86 bits per heavy atom. The zero-order valence-corrected chi connectivity index (χ0v) is 21.3. The molecular weight excluding hydrogens is 459 g/mol. The number of fused-ring (bicyclic) bond motifs is 1. The molecule has 0 aliphatic heterocycles. The van der Waals surface area contributed by atoms with E-state index in [2.05, 4.69) is 5.32 Å². The number of nitrogens with one attached hydrogen (secondary N) is 1. The molecule has 1 aromatic heterocycles. The number of anilines is 1. The molecule has 1 heterocycles. The Labute approximate surface area is 211 Å². The lowest BCUT2D eigenvalue weighted by Gasteiger charge is -2.31. The van der Waals surface area contributed by atoms with Crippen molar-refractivity contribution < 1.29 is 23.1 Å². The van der Waals surface area contributed by atoms with E-state index in [0.29, 0.717) is 30.2 Å². The van der Waals surface area contributed by atoms with Gasteiger partial charge in [-0.3, -0.25) is 9.59 Å². The number of ether oxygens (including phenoxy) is 1. The van der Waals surface area contributed by atoms with Crippen molar-refractivity contribution in [1.29, 1.82) is 0 Å². The Balaban J connectivity index is 1.52. The summed E-state index contributed by atoms with van der Waals surface area (Å²) in [6.45, 7) is 4.38. The first-order chi connectivity index (χ1) is 17.4. The lowest BCUT2D eigenvalue weighted by atomic mass is 9.82. The number of amides is 1. The molecule has 1 atom stereocenters. The van der Waals surface area contributed by atoms with Gasteiger partial charge in [-0.2, -0.15) is 0 Å². The van der Waals surface area contributed by atoms with Gasteiger partial charge in [0.25, 0.3) is 5.91 Å². The molecule has 4 rings (SSSR count). The van der Waals surface area contributed by atoms with Crippen molar-refractivity contribution in [3.05, 3.63) is 65.2 Å². The maximum absolute atomic E-state index is 13.9. The number of furan rings is 1. The topological polar surface area (TPSA) is 71.8 Å². The summed E-state index contributed by atoms with van der Waals surface area (Å²) < 4.78 is 25.1. The van der Waals surface area contributed by atoms with Crippen LogP contribution in [0, 0.1) is 18.7 Å². The average Bonchev–Trinajstić information content (AvgIpc) is 3.21. The molecule has 0 saturated heterocycles. The van der Waals surface area contributed by atoms with Crippen molar-refractivity contribution in [3.63, 3.8) is 0 Å². The number of carbonyl (C=O) groups excluding carboxylic acids is 2. The van der Waals surface area contributed by atoms with Crippen LogP contribution in [0.2, 0.25) is 0 Å². The summed E-state index contributed by atoms with van der Waals surface area (Å²) >= 11 is 0. The maximum Gasteiger partial charge on any atom is 0.307 e. The molecule has 2 aromatic carbocycles. The number of carbonyl (C=O) groups is 2. The van der Waals surface area contributed by atoms with E-state index >= 15 is 0 Å². The van der Waals surface area contributed by atoms with E-state index < -0.39 is 0 Å². The summed E-state index contributed by atoms with van der Waals surface area (Å²) in [5, 5.41) is 4.46. The van der Waals surface area contributed by atoms with Crippen molar-refractivity contribution in [3.8, 4) is 0 Å². The standard InChI is InChI=1S/C29H35FN2O4/c1-4-35-26(33)16-17-32(3)29(34)21-10-13-23(14-11-21)31-27(20-8-6-5-7-9-20)28-19(2)24-18-22(30)12-15-25(24)36-28/h10-15,18,20,27,31H,4-9,16-17H2,1-3H3. The van der Waals surface area contributed by atoms with Crippen LogP contribution in [0.5, 0.6) is 0 Å². The van der Waals surface area contributed by atoms with Gasteiger partial charge in [0, 0.05) is 35.8 Å². The SMILES string of the molecule is CCOC(=O)CCN(C)C(=O)c1ccc(NC(c2oc3ccc(F)cc3c2C)C2CCCCC2)cc1. The minimum Gasteiger partial charge on any atom is -0.466 e. The first kappa shape index (κ1) is 25.7. The quantitative estimate of drug-likeness (QED) is 0.338. The number of hydrogen-bond donors (Lipinski definition) is 1. The Hall–Kier alpha value is -3.35. The largest absolute Gasteiger partial charge is 0.466 e. The highest BCUT2D eigenvalue weighted by molar-refractivity contribution is 5.94. The van der Waals surface area contributed by atoms with Crippen LogP contribution in [0.1, 0.15) is 73.2 Å². The minimum atomic E-state index is -0.311. The van der Waals surface area contributed by atoms with E-state index in [1.807, 2.05) is 19.1 Å². The van der Waals surface area contributed by atoms with E-state index in [9.17, 15) is 14.0 Å². The Kier molecular flexibility index (Phi) is 8.28. The molecule has 1 saturated carbocycles. The van der Waals surface area contributed by atoms with Gasteiger partial charge in [-0.1, -0.05) is 19.3 Å². The number of benzene rings is 2. The molecule has 1 fully saturated rings. The molecule has 7 heteroatoms. The van der Waals surface area contributed by atoms with Crippen LogP contribution in [0.3, 0.4) is 0 Å². The molecule has 1 aliphatic rings. The summed E-state index contributed by atoms with van der Waals surface area (Å²) in [7, 11) is 1.68. The molecule has 1 aliphatic carbocycles. The fourth-order valence-electron chi connectivity index (χ4n) is 5.08. The number of rotatable bonds is 9. The second-order valence-electron chi connectivity index (χ2n) is 9.61. The van der Waals surface area contributed by atoms with Crippen LogP contribution in [-0.4, -0.2) is 37.0 Å². The minimum absolute atomic E-state index is 0.0467. The first-order valence-corrected chi connectivity index (χ1v) is 12.8. The molecule has 0 radical (unpaired) electrons. The van der Waals surface area contributed by atoms with E-state index in [1.54, 1.807) is 32.2 Å². The Morgan fingerprint density at radius 3 is 2.56 bits per heavy atom. The second kappa shape index (κ2) is 11.6. The van der Waals surface area contributed by atoms with Crippen molar-refractivity contribution >= 4 is 28.5 Å². The molecule has 0 bridgehead atoms. The van der Waals surface area contributed by atoms with Crippen LogP contribution in [0.15, 0.2) is 46.9 Å². The zero-order valence-electron chi connectivity index (χ0n) is 21.3. The van der Waals surface area contributed by atoms with Crippen molar-refractivity contribution in [2.75, 3.05) is 25.5 Å². The number of halogens is 1. The summed E-state index contributed by atoms with van der Waals surface area (Å²) in [5.41, 5.74) is 3.10. The number of aryl methyl sites for hydroxylation is 1. The molecule has 1 amide bonds. The van der Waals surface area contributed by atoms with Gasteiger partial charge in [-0.25, -0.2) is 4.39 Å². The van der Waals surface area contributed by atoms with E-state index in [1.165, 1.54) is 36.3 Å². The van der Waals surface area contributed by atoms with Crippen LogP contribution in [0.4, 0.5) is 10.1 Å². The van der Waals surface area contributed by atoms with E-state index in [4.69, 9.17) is 9.15 Å². The summed E-state index contributed by atoms with van der Waals surface area (Å²) in [4.78, 5) is 25.9. The van der Waals surface area contributed by atoms with Crippen LogP contribution < -0.4 is 5.32 Å². The van der Waals surface area contributed by atoms with Crippen LogP contribution in [-0.2, 0) is 9.53 Å². The number of esters is 1. The summed E-state index contributed by atoms with van der Waals surface area (Å²) in [5.74, 6) is 0.519. The summed E-state index contributed by atoms with van der Waals surface area (Å²) in [6.07, 6.45) is 5.98. The van der Waals surface area contributed by atoms with Gasteiger partial charge >= 0.3 is 5.97 Å². The third-order valence-corrected chi connectivity index (χ3v) is 7.10. The fraction of sp³-hybridized carbons (Fsp3) is 0.448. The predicted octanol–water partition coefficient (Wildman–Crippen LogP) is 6.64. The highest BCUT2D eigenvalue weighted by atomic mass is 19.1. The van der Waals surface area contributed by atoms with Crippen molar-refractivity contribution in [2.45, 2.75) is 58.4 Å². The van der Waals surface area contributed by atoms with Gasteiger partial charge in [-0.15, -0.1) is 0 Å². The van der Waals surface area contributed by atoms with E-state index in [0.717, 1.165) is 35.2 Å². The average molecular weight is 495 g/mol. The highest BCUT2D eigenvalue weighted by Gasteiger charge is 2.30. The molecule has 1 N–H and O–H groups in total. The third-order valence-electron chi connectivity index (χ3n) is 7.10. The Morgan fingerprint density at radius 1 is 1.14 bits per heavy atom. The van der Waals surface area contributed by atoms with Crippen molar-refractivity contribution in [1.82, 2.24) is 4.90 Å². The normalized spacial score (nSPS) is 15.0. The molecule has 1 unspecified atom stereocenters. The first-order valence-electron chi connectivity index (χ1n) is 12.8. The summed E-state index contributed by atoms with van der Waals surface area (Å²) in [6, 6.07) is 12.0. The van der Waals surface area contributed by atoms with Gasteiger partial charge in [0.15, 0.2) is 0 Å². The van der Waals surface area contributed by atoms with Crippen LogP contribution in [0.25, 0.3) is 11.0 Å². The number of hydrogen-bond acceptors (Lipinski definition) is 5. The van der Waals surface area contributed by atoms with E-state index in [-0.39, 0.29) is 30.2 Å². The highest BCUT2D eigenvalue weighted by Crippen LogP contribution is 2.41. The third kappa shape index (κ3) is 5.89. The van der Waals surface area contributed by atoms with Gasteiger partial charge in [0.2, 0.25) is 0 Å². The molecular formula is C29H35FN2O4. The maximum atomic E-state index is 13.9.